The maximum absolute atomic E-state index is 12.3. The molecule has 126 valence electrons. The van der Waals surface area contributed by atoms with Crippen molar-refractivity contribution >= 4 is 5.91 Å². The predicted octanol–water partition coefficient (Wildman–Crippen LogP) is 1.53. The van der Waals surface area contributed by atoms with E-state index < -0.39 is 0 Å². The fourth-order valence-electron chi connectivity index (χ4n) is 3.75. The Morgan fingerprint density at radius 2 is 2.35 bits per heavy atom. The third-order valence-electron chi connectivity index (χ3n) is 5.27. The van der Waals surface area contributed by atoms with Crippen LogP contribution in [0.15, 0.2) is 6.20 Å². The van der Waals surface area contributed by atoms with E-state index in [-0.39, 0.29) is 5.91 Å². The van der Waals surface area contributed by atoms with E-state index in [0.717, 1.165) is 38.2 Å². The molecular weight excluding hydrogens is 288 g/mol. The number of hydrogen-bond acceptors (Lipinski definition) is 4. The lowest BCUT2D eigenvalue weighted by molar-refractivity contribution is -0.122. The topological polar surface area (TPSA) is 57.3 Å². The highest BCUT2D eigenvalue weighted by Gasteiger charge is 2.22. The first-order valence-electron chi connectivity index (χ1n) is 8.79. The first-order chi connectivity index (χ1) is 11.1. The van der Waals surface area contributed by atoms with Gasteiger partial charge in [0.2, 0.25) is 5.91 Å². The summed E-state index contributed by atoms with van der Waals surface area (Å²) in [6.07, 6.45) is 7.24. The fourth-order valence-corrected chi connectivity index (χ4v) is 3.75. The molecule has 0 aromatic carbocycles. The molecule has 2 N–H and O–H groups in total. The zero-order valence-corrected chi connectivity index (χ0v) is 14.3. The van der Waals surface area contributed by atoms with Gasteiger partial charge in [0, 0.05) is 37.4 Å². The van der Waals surface area contributed by atoms with Crippen LogP contribution in [0, 0.1) is 6.92 Å². The molecule has 0 unspecified atom stereocenters. The summed E-state index contributed by atoms with van der Waals surface area (Å²) in [5.41, 5.74) is 4.92. The molecule has 5 heteroatoms. The summed E-state index contributed by atoms with van der Waals surface area (Å²) >= 11 is 0. The zero-order valence-electron chi connectivity index (χ0n) is 14.3. The average Bonchev–Trinajstić information content (AvgIpc) is 2.56. The maximum atomic E-state index is 12.3. The average molecular weight is 316 g/mol. The Balaban J connectivity index is 1.60. The molecule has 23 heavy (non-hydrogen) atoms. The number of likely N-dealkylation sites (tertiary alicyclic amines) is 1. The highest BCUT2D eigenvalue weighted by molar-refractivity contribution is 5.76. The Labute approximate surface area is 138 Å². The molecule has 0 radical (unpaired) electrons. The Morgan fingerprint density at radius 1 is 1.48 bits per heavy atom. The van der Waals surface area contributed by atoms with E-state index >= 15 is 0 Å². The van der Waals surface area contributed by atoms with Gasteiger partial charge in [0.15, 0.2) is 0 Å². The quantitative estimate of drug-likeness (QED) is 0.884. The van der Waals surface area contributed by atoms with Crippen molar-refractivity contribution in [2.24, 2.45) is 0 Å². The predicted molar refractivity (Wildman–Crippen MR) is 91.1 cm³/mol. The van der Waals surface area contributed by atoms with Gasteiger partial charge < -0.3 is 15.5 Å². The van der Waals surface area contributed by atoms with Crippen molar-refractivity contribution in [3.63, 3.8) is 0 Å². The smallest absolute Gasteiger partial charge is 0.221 e. The van der Waals surface area contributed by atoms with Crippen LogP contribution in [0.25, 0.3) is 0 Å². The largest absolute Gasteiger partial charge is 0.352 e. The fraction of sp³-hybridized carbons (Fsp3) is 0.667. The number of carbonyl (C=O) groups excluding carboxylic acids is 1. The van der Waals surface area contributed by atoms with Gasteiger partial charge in [0.1, 0.15) is 0 Å². The van der Waals surface area contributed by atoms with E-state index in [1.807, 2.05) is 13.1 Å². The highest BCUT2D eigenvalue weighted by atomic mass is 16.1. The Morgan fingerprint density at radius 3 is 3.17 bits per heavy atom. The number of piperidine rings is 1. The highest BCUT2D eigenvalue weighted by Crippen LogP contribution is 2.21. The molecule has 0 spiro atoms. The number of fused-ring (bicyclic) bond motifs is 1. The molecular formula is C18H28N4O. The van der Waals surface area contributed by atoms with Crippen LogP contribution in [0.1, 0.15) is 48.1 Å². The summed E-state index contributed by atoms with van der Waals surface area (Å²) in [5.74, 6) is 0.162. The molecule has 1 aromatic rings. The number of nitrogens with zero attached hydrogens (tertiary/aromatic N) is 2. The molecule has 1 amide bonds. The second-order valence-corrected chi connectivity index (χ2v) is 6.86. The summed E-state index contributed by atoms with van der Waals surface area (Å²) in [5, 5.41) is 6.51. The second kappa shape index (κ2) is 7.41. The molecule has 1 atom stereocenters. The summed E-state index contributed by atoms with van der Waals surface area (Å²) in [4.78, 5) is 19.2. The van der Waals surface area contributed by atoms with Crippen molar-refractivity contribution < 1.29 is 4.79 Å². The summed E-state index contributed by atoms with van der Waals surface area (Å²) in [6, 6.07) is 0.400. The Hall–Kier alpha value is -1.46. The molecule has 0 aliphatic carbocycles. The lowest BCUT2D eigenvalue weighted by Crippen LogP contribution is -2.40. The van der Waals surface area contributed by atoms with Gasteiger partial charge in [-0.15, -0.1) is 0 Å². The molecule has 1 saturated heterocycles. The number of carbonyl (C=O) groups is 1. The molecule has 5 nitrogen and oxygen atoms in total. The second-order valence-electron chi connectivity index (χ2n) is 6.86. The Bertz CT molecular complexity index is 572. The SMILES string of the molecule is Cc1ncc2c(c1CNC(=O)C[C@@H]1CCCCN1C)CCNC2. The van der Waals surface area contributed by atoms with E-state index in [2.05, 4.69) is 27.6 Å². The van der Waals surface area contributed by atoms with E-state index in [4.69, 9.17) is 0 Å². The van der Waals surface area contributed by atoms with Crippen LogP contribution in [0.2, 0.25) is 0 Å². The van der Waals surface area contributed by atoms with Crippen LogP contribution < -0.4 is 10.6 Å². The lowest BCUT2D eigenvalue weighted by Gasteiger charge is -2.32. The summed E-state index contributed by atoms with van der Waals surface area (Å²) in [6.45, 7) is 5.65. The number of aromatic nitrogens is 1. The van der Waals surface area contributed by atoms with Gasteiger partial charge in [-0.2, -0.15) is 0 Å². The molecule has 2 aliphatic rings. The Kier molecular flexibility index (Phi) is 5.28. The van der Waals surface area contributed by atoms with Gasteiger partial charge in [-0.05, 0) is 63.0 Å². The van der Waals surface area contributed by atoms with Crippen molar-refractivity contribution in [1.29, 1.82) is 0 Å². The van der Waals surface area contributed by atoms with Crippen molar-refractivity contribution in [2.75, 3.05) is 20.1 Å². The molecule has 1 aromatic heterocycles. The van der Waals surface area contributed by atoms with Crippen LogP contribution in [0.4, 0.5) is 0 Å². The minimum Gasteiger partial charge on any atom is -0.352 e. The minimum atomic E-state index is 0.162. The molecule has 3 rings (SSSR count). The van der Waals surface area contributed by atoms with Crippen molar-refractivity contribution in [3.8, 4) is 0 Å². The standard InChI is InChI=1S/C18H28N4O/c1-13-17(16-6-7-19-10-14(16)11-20-13)12-21-18(23)9-15-5-3-4-8-22(15)2/h11,15,19H,3-10,12H2,1-2H3,(H,21,23)/t15-/m0/s1. The molecule has 3 heterocycles. The van der Waals surface area contributed by atoms with Crippen molar-refractivity contribution in [1.82, 2.24) is 20.5 Å². The number of hydrogen-bond donors (Lipinski definition) is 2. The van der Waals surface area contributed by atoms with Gasteiger partial charge >= 0.3 is 0 Å². The third kappa shape index (κ3) is 3.90. The van der Waals surface area contributed by atoms with Gasteiger partial charge in [0.25, 0.3) is 0 Å². The van der Waals surface area contributed by atoms with E-state index in [1.54, 1.807) is 0 Å². The number of nitrogens with one attached hydrogen (secondary N) is 2. The summed E-state index contributed by atoms with van der Waals surface area (Å²) < 4.78 is 0. The maximum Gasteiger partial charge on any atom is 0.221 e. The minimum absolute atomic E-state index is 0.162. The third-order valence-corrected chi connectivity index (χ3v) is 5.27. The zero-order chi connectivity index (χ0) is 16.2. The van der Waals surface area contributed by atoms with Crippen LogP contribution in [0.5, 0.6) is 0 Å². The van der Waals surface area contributed by atoms with Crippen LogP contribution in [-0.2, 0) is 24.3 Å². The first kappa shape index (κ1) is 16.4. The first-order valence-corrected chi connectivity index (χ1v) is 8.79. The van der Waals surface area contributed by atoms with Gasteiger partial charge in [-0.3, -0.25) is 9.78 Å². The molecule has 2 aliphatic heterocycles. The van der Waals surface area contributed by atoms with Gasteiger partial charge in [-0.25, -0.2) is 0 Å². The van der Waals surface area contributed by atoms with Crippen LogP contribution in [-0.4, -0.2) is 42.0 Å². The number of aryl methyl sites for hydroxylation is 1. The van der Waals surface area contributed by atoms with Crippen LogP contribution >= 0.6 is 0 Å². The van der Waals surface area contributed by atoms with E-state index in [9.17, 15) is 4.79 Å². The lowest BCUT2D eigenvalue weighted by atomic mass is 9.95. The normalized spacial score (nSPS) is 21.7. The number of rotatable bonds is 4. The van der Waals surface area contributed by atoms with Crippen LogP contribution in [0.3, 0.4) is 0 Å². The van der Waals surface area contributed by atoms with E-state index in [1.165, 1.54) is 29.5 Å². The van der Waals surface area contributed by atoms with Crippen molar-refractivity contribution in [2.45, 2.75) is 58.2 Å². The van der Waals surface area contributed by atoms with Gasteiger partial charge in [-0.1, -0.05) is 6.42 Å². The monoisotopic (exact) mass is 316 g/mol. The molecule has 1 fully saturated rings. The molecule has 0 saturated carbocycles. The van der Waals surface area contributed by atoms with Crippen molar-refractivity contribution in [3.05, 3.63) is 28.6 Å². The van der Waals surface area contributed by atoms with Gasteiger partial charge in [0.05, 0.1) is 0 Å². The number of pyridine rings is 1. The number of amides is 1. The molecule has 0 bridgehead atoms. The summed E-state index contributed by atoms with van der Waals surface area (Å²) in [7, 11) is 2.13. The van der Waals surface area contributed by atoms with E-state index in [0.29, 0.717) is 19.0 Å².